The zero-order valence-electron chi connectivity index (χ0n) is 13.8. The van der Waals surface area contributed by atoms with Gasteiger partial charge in [-0.1, -0.05) is 61.3 Å². The largest absolute Gasteiger partial charge is 0.451 e. The van der Waals surface area contributed by atoms with Crippen molar-refractivity contribution in [2.45, 2.75) is 19.8 Å². The van der Waals surface area contributed by atoms with Crippen molar-refractivity contribution < 1.29 is 9.21 Å². The van der Waals surface area contributed by atoms with Gasteiger partial charge >= 0.3 is 0 Å². The molecule has 0 aliphatic rings. The van der Waals surface area contributed by atoms with Gasteiger partial charge in [-0.05, 0) is 41.8 Å². The zero-order chi connectivity index (χ0) is 18.0. The van der Waals surface area contributed by atoms with Crippen LogP contribution in [0.1, 0.15) is 35.9 Å². The van der Waals surface area contributed by atoms with Crippen molar-refractivity contribution in [2.75, 3.05) is 5.32 Å². The molecule has 1 N–H and O–H groups in total. The summed E-state index contributed by atoms with van der Waals surface area (Å²) in [5.74, 6) is 0.700. The van der Waals surface area contributed by atoms with Crippen LogP contribution in [-0.2, 0) is 0 Å². The Kier molecular flexibility index (Phi) is 5.16. The van der Waals surface area contributed by atoms with Gasteiger partial charge in [0.1, 0.15) is 5.76 Å². The van der Waals surface area contributed by atoms with Crippen LogP contribution in [0, 0.1) is 0 Å². The molecule has 0 aliphatic heterocycles. The van der Waals surface area contributed by atoms with E-state index in [1.165, 1.54) is 0 Å². The molecule has 0 fully saturated rings. The first-order valence-corrected chi connectivity index (χ1v) is 8.67. The summed E-state index contributed by atoms with van der Waals surface area (Å²) in [5, 5.41) is 3.74. The van der Waals surface area contributed by atoms with Crippen molar-refractivity contribution in [1.82, 2.24) is 0 Å². The molecule has 0 unspecified atom stereocenters. The van der Waals surface area contributed by atoms with E-state index in [0.29, 0.717) is 27.3 Å². The maximum atomic E-state index is 12.5. The number of furan rings is 1. The quantitative estimate of drug-likeness (QED) is 0.557. The molecule has 3 rings (SSSR count). The van der Waals surface area contributed by atoms with E-state index in [2.05, 4.69) is 19.2 Å². The highest BCUT2D eigenvalue weighted by Gasteiger charge is 2.16. The van der Waals surface area contributed by atoms with Gasteiger partial charge in [-0.25, -0.2) is 0 Å². The van der Waals surface area contributed by atoms with Crippen molar-refractivity contribution in [3.63, 3.8) is 0 Å². The minimum Gasteiger partial charge on any atom is -0.451 e. The minimum atomic E-state index is -0.308. The molecule has 128 valence electrons. The van der Waals surface area contributed by atoms with Crippen LogP contribution in [0.4, 0.5) is 5.69 Å². The van der Waals surface area contributed by atoms with Crippen molar-refractivity contribution in [1.29, 1.82) is 0 Å². The van der Waals surface area contributed by atoms with Crippen LogP contribution < -0.4 is 5.32 Å². The number of anilines is 1. The van der Waals surface area contributed by atoms with Crippen molar-refractivity contribution in [3.8, 4) is 11.3 Å². The van der Waals surface area contributed by atoms with E-state index < -0.39 is 0 Å². The summed E-state index contributed by atoms with van der Waals surface area (Å²) in [6.45, 7) is 4.16. The fourth-order valence-corrected chi connectivity index (χ4v) is 2.99. The standard InChI is InChI=1S/C20H17Cl2NO2/c1-12(2)13-6-3-4-9-16(13)23-20(24)18-11-10-17(25-18)14-7-5-8-15(21)19(14)22/h3-12H,1-2H3,(H,23,24). The monoisotopic (exact) mass is 373 g/mol. The van der Waals surface area contributed by atoms with Crippen molar-refractivity contribution in [2.24, 2.45) is 0 Å². The Morgan fingerprint density at radius 2 is 1.76 bits per heavy atom. The summed E-state index contributed by atoms with van der Waals surface area (Å²) < 4.78 is 5.68. The first-order chi connectivity index (χ1) is 12.0. The lowest BCUT2D eigenvalue weighted by molar-refractivity contribution is 0.0997. The highest BCUT2D eigenvalue weighted by molar-refractivity contribution is 6.43. The third kappa shape index (κ3) is 3.73. The second-order valence-electron chi connectivity index (χ2n) is 5.96. The van der Waals surface area contributed by atoms with Gasteiger partial charge < -0.3 is 9.73 Å². The second kappa shape index (κ2) is 7.34. The van der Waals surface area contributed by atoms with Crippen LogP contribution in [0.15, 0.2) is 59.0 Å². The number of carbonyl (C=O) groups is 1. The first kappa shape index (κ1) is 17.6. The van der Waals surface area contributed by atoms with E-state index in [-0.39, 0.29) is 11.7 Å². The summed E-state index contributed by atoms with van der Waals surface area (Å²) in [7, 11) is 0. The molecule has 0 saturated carbocycles. The topological polar surface area (TPSA) is 42.2 Å². The molecular weight excluding hydrogens is 357 g/mol. The number of carbonyl (C=O) groups excluding carboxylic acids is 1. The number of halogens is 2. The fourth-order valence-electron chi connectivity index (χ4n) is 2.60. The lowest BCUT2D eigenvalue weighted by Gasteiger charge is -2.12. The molecule has 25 heavy (non-hydrogen) atoms. The van der Waals surface area contributed by atoms with E-state index in [1.54, 1.807) is 30.3 Å². The third-order valence-corrected chi connectivity index (χ3v) is 4.70. The summed E-state index contributed by atoms with van der Waals surface area (Å²) in [5.41, 5.74) is 2.50. The van der Waals surface area contributed by atoms with Crippen molar-refractivity contribution in [3.05, 3.63) is 76.0 Å². The zero-order valence-corrected chi connectivity index (χ0v) is 15.4. The first-order valence-electron chi connectivity index (χ1n) is 7.92. The Labute approximate surface area is 156 Å². The minimum absolute atomic E-state index is 0.213. The predicted molar refractivity (Wildman–Crippen MR) is 103 cm³/mol. The van der Waals surface area contributed by atoms with E-state index in [1.807, 2.05) is 24.3 Å². The SMILES string of the molecule is CC(C)c1ccccc1NC(=O)c1ccc(-c2cccc(Cl)c2Cl)o1. The van der Waals surface area contributed by atoms with Crippen molar-refractivity contribution >= 4 is 34.8 Å². The number of rotatable bonds is 4. The summed E-state index contributed by atoms with van der Waals surface area (Å²) in [6, 6.07) is 16.3. The molecule has 1 aromatic heterocycles. The maximum Gasteiger partial charge on any atom is 0.291 e. The van der Waals surface area contributed by atoms with Gasteiger partial charge in [0.05, 0.1) is 10.0 Å². The van der Waals surface area contributed by atoms with E-state index in [9.17, 15) is 4.79 Å². The third-order valence-electron chi connectivity index (χ3n) is 3.88. The van der Waals surface area contributed by atoms with Gasteiger partial charge in [-0.2, -0.15) is 0 Å². The van der Waals surface area contributed by atoms with Crippen LogP contribution in [0.5, 0.6) is 0 Å². The molecule has 0 saturated heterocycles. The van der Waals surface area contributed by atoms with Crippen LogP contribution in [0.2, 0.25) is 10.0 Å². The van der Waals surface area contributed by atoms with E-state index in [0.717, 1.165) is 11.3 Å². The molecule has 0 bridgehead atoms. The van der Waals surface area contributed by atoms with Crippen LogP contribution in [0.25, 0.3) is 11.3 Å². The summed E-state index contributed by atoms with van der Waals surface area (Å²) in [6.07, 6.45) is 0. The predicted octanol–water partition coefficient (Wildman–Crippen LogP) is 6.63. The Balaban J connectivity index is 1.86. The lowest BCUT2D eigenvalue weighted by atomic mass is 10.0. The highest BCUT2D eigenvalue weighted by atomic mass is 35.5. The molecule has 1 heterocycles. The van der Waals surface area contributed by atoms with Crippen LogP contribution in [-0.4, -0.2) is 5.91 Å². The Hall–Kier alpha value is -2.23. The molecular formula is C20H17Cl2NO2. The summed E-state index contributed by atoms with van der Waals surface area (Å²) in [4.78, 5) is 12.5. The molecule has 1 amide bonds. The maximum absolute atomic E-state index is 12.5. The number of hydrogen-bond acceptors (Lipinski definition) is 2. The molecule has 0 aliphatic carbocycles. The average Bonchev–Trinajstić information content (AvgIpc) is 3.07. The van der Waals surface area contributed by atoms with Gasteiger partial charge in [0.15, 0.2) is 5.76 Å². The molecule has 0 atom stereocenters. The normalized spacial score (nSPS) is 10.9. The Morgan fingerprint density at radius 1 is 1.00 bits per heavy atom. The second-order valence-corrected chi connectivity index (χ2v) is 6.75. The van der Waals surface area contributed by atoms with Gasteiger partial charge in [-0.3, -0.25) is 4.79 Å². The van der Waals surface area contributed by atoms with Gasteiger partial charge in [0.25, 0.3) is 5.91 Å². The molecule has 3 aromatic rings. The molecule has 0 radical (unpaired) electrons. The molecule has 5 heteroatoms. The Morgan fingerprint density at radius 3 is 2.52 bits per heavy atom. The number of amides is 1. The number of benzene rings is 2. The Bertz CT molecular complexity index is 916. The van der Waals surface area contributed by atoms with Gasteiger partial charge in [-0.15, -0.1) is 0 Å². The number of hydrogen-bond donors (Lipinski definition) is 1. The average molecular weight is 374 g/mol. The molecule has 0 spiro atoms. The van der Waals surface area contributed by atoms with E-state index in [4.69, 9.17) is 27.6 Å². The summed E-state index contributed by atoms with van der Waals surface area (Å²) >= 11 is 12.2. The van der Waals surface area contributed by atoms with E-state index >= 15 is 0 Å². The number of nitrogens with one attached hydrogen (secondary N) is 1. The molecule has 2 aromatic carbocycles. The smallest absolute Gasteiger partial charge is 0.291 e. The highest BCUT2D eigenvalue weighted by Crippen LogP contribution is 2.34. The fraction of sp³-hybridized carbons (Fsp3) is 0.150. The van der Waals surface area contributed by atoms with Gasteiger partial charge in [0.2, 0.25) is 0 Å². The lowest BCUT2D eigenvalue weighted by Crippen LogP contribution is -2.12. The van der Waals surface area contributed by atoms with Gasteiger partial charge in [0, 0.05) is 11.3 Å². The van der Waals surface area contributed by atoms with Crippen LogP contribution in [0.3, 0.4) is 0 Å². The number of para-hydroxylation sites is 1. The van der Waals surface area contributed by atoms with Crippen LogP contribution >= 0.6 is 23.2 Å². The molecule has 3 nitrogen and oxygen atoms in total.